The Labute approximate surface area is 137 Å². The quantitative estimate of drug-likeness (QED) is 0.941. The Morgan fingerprint density at radius 1 is 1.30 bits per heavy atom. The average molecular weight is 312 g/mol. The van der Waals surface area contributed by atoms with Crippen molar-refractivity contribution in [2.75, 3.05) is 13.6 Å². The van der Waals surface area contributed by atoms with Crippen molar-refractivity contribution in [1.29, 1.82) is 0 Å². The summed E-state index contributed by atoms with van der Waals surface area (Å²) in [5.41, 5.74) is 2.30. The zero-order valence-corrected chi connectivity index (χ0v) is 13.8. The van der Waals surface area contributed by atoms with Gasteiger partial charge in [-0.2, -0.15) is 0 Å². The second kappa shape index (κ2) is 7.01. The molecule has 1 aliphatic heterocycles. The van der Waals surface area contributed by atoms with Gasteiger partial charge in [0.05, 0.1) is 6.04 Å². The summed E-state index contributed by atoms with van der Waals surface area (Å²) >= 11 is 0. The van der Waals surface area contributed by atoms with Crippen molar-refractivity contribution in [2.24, 2.45) is 0 Å². The number of hydrogen-bond donors (Lipinski definition) is 1. The first-order valence-corrected chi connectivity index (χ1v) is 8.29. The highest BCUT2D eigenvalue weighted by Gasteiger charge is 2.27. The summed E-state index contributed by atoms with van der Waals surface area (Å²) < 4.78 is 5.71. The number of nitrogens with zero attached hydrogens (tertiary/aromatic N) is 1. The Morgan fingerprint density at radius 3 is 2.91 bits per heavy atom. The van der Waals surface area contributed by atoms with E-state index >= 15 is 0 Å². The highest BCUT2D eigenvalue weighted by Crippen LogP contribution is 2.25. The molecule has 23 heavy (non-hydrogen) atoms. The van der Waals surface area contributed by atoms with Gasteiger partial charge < -0.3 is 9.73 Å². The van der Waals surface area contributed by atoms with Crippen LogP contribution in [0, 0.1) is 6.92 Å². The van der Waals surface area contributed by atoms with Gasteiger partial charge in [0, 0.05) is 19.2 Å². The zero-order valence-electron chi connectivity index (χ0n) is 13.8. The number of carbonyl (C=O) groups is 1. The first-order valence-electron chi connectivity index (χ1n) is 8.29. The van der Waals surface area contributed by atoms with Crippen LogP contribution in [-0.4, -0.2) is 30.4 Å². The topological polar surface area (TPSA) is 45.5 Å². The summed E-state index contributed by atoms with van der Waals surface area (Å²) in [6.45, 7) is 3.73. The van der Waals surface area contributed by atoms with Crippen LogP contribution in [0.4, 0.5) is 0 Å². The van der Waals surface area contributed by atoms with Crippen LogP contribution in [0.25, 0.3) is 11.3 Å². The SMILES string of the molecule is CNC(=O)[C@@H]1CCCCN1Cc1cccc(-c2ccc(C)o2)c1. The number of piperidine rings is 1. The van der Waals surface area contributed by atoms with Crippen molar-refractivity contribution in [1.82, 2.24) is 10.2 Å². The predicted octanol–water partition coefficient (Wildman–Crippen LogP) is 3.36. The minimum Gasteiger partial charge on any atom is -0.461 e. The number of likely N-dealkylation sites (N-methyl/N-ethyl adjacent to an activating group) is 1. The molecule has 0 spiro atoms. The van der Waals surface area contributed by atoms with Gasteiger partial charge in [0.2, 0.25) is 5.91 Å². The lowest BCUT2D eigenvalue weighted by molar-refractivity contribution is -0.127. The van der Waals surface area contributed by atoms with E-state index in [2.05, 4.69) is 34.5 Å². The number of hydrogen-bond acceptors (Lipinski definition) is 3. The smallest absolute Gasteiger partial charge is 0.237 e. The van der Waals surface area contributed by atoms with Gasteiger partial charge in [0.1, 0.15) is 11.5 Å². The average Bonchev–Trinajstić information content (AvgIpc) is 3.01. The van der Waals surface area contributed by atoms with Gasteiger partial charge in [0.25, 0.3) is 0 Å². The fourth-order valence-electron chi connectivity index (χ4n) is 3.29. The van der Waals surface area contributed by atoms with Gasteiger partial charge in [-0.25, -0.2) is 0 Å². The van der Waals surface area contributed by atoms with Gasteiger partial charge in [-0.1, -0.05) is 24.6 Å². The van der Waals surface area contributed by atoms with Crippen molar-refractivity contribution in [2.45, 2.75) is 38.8 Å². The van der Waals surface area contributed by atoms with Crippen LogP contribution in [0.1, 0.15) is 30.6 Å². The molecule has 2 heterocycles. The lowest BCUT2D eigenvalue weighted by Gasteiger charge is -2.34. The Balaban J connectivity index is 1.78. The van der Waals surface area contributed by atoms with Gasteiger partial charge in [-0.05, 0) is 50.1 Å². The van der Waals surface area contributed by atoms with E-state index in [1.54, 1.807) is 7.05 Å². The molecule has 4 heteroatoms. The summed E-state index contributed by atoms with van der Waals surface area (Å²) in [5, 5.41) is 2.79. The maximum absolute atomic E-state index is 12.1. The van der Waals surface area contributed by atoms with Gasteiger partial charge in [-0.15, -0.1) is 0 Å². The lowest BCUT2D eigenvalue weighted by Crippen LogP contribution is -2.48. The zero-order chi connectivity index (χ0) is 16.2. The van der Waals surface area contributed by atoms with Crippen LogP contribution in [0.15, 0.2) is 40.8 Å². The van der Waals surface area contributed by atoms with Crippen LogP contribution in [-0.2, 0) is 11.3 Å². The minimum atomic E-state index is -0.0109. The van der Waals surface area contributed by atoms with Crippen LogP contribution in [0.3, 0.4) is 0 Å². The Kier molecular flexibility index (Phi) is 4.82. The lowest BCUT2D eigenvalue weighted by atomic mass is 10.00. The number of benzene rings is 1. The summed E-state index contributed by atoms with van der Waals surface area (Å²) in [4.78, 5) is 14.4. The highest BCUT2D eigenvalue weighted by molar-refractivity contribution is 5.81. The highest BCUT2D eigenvalue weighted by atomic mass is 16.3. The number of amides is 1. The molecule has 1 aromatic heterocycles. The first-order chi connectivity index (χ1) is 11.2. The maximum atomic E-state index is 12.1. The standard InChI is InChI=1S/C19H24N2O2/c1-14-9-10-18(23-14)16-7-5-6-15(12-16)13-21-11-4-3-8-17(21)19(22)20-2/h5-7,9-10,12,17H,3-4,8,11,13H2,1-2H3,(H,20,22)/t17-/m0/s1. The van der Waals surface area contributed by atoms with Crippen LogP contribution < -0.4 is 5.32 Å². The predicted molar refractivity (Wildman–Crippen MR) is 91.0 cm³/mol. The number of furan rings is 1. The molecule has 1 fully saturated rings. The molecule has 0 bridgehead atoms. The molecule has 1 aliphatic rings. The van der Waals surface area contributed by atoms with E-state index in [9.17, 15) is 4.79 Å². The van der Waals surface area contributed by atoms with Gasteiger partial charge in [0.15, 0.2) is 0 Å². The molecule has 2 aromatic rings. The summed E-state index contributed by atoms with van der Waals surface area (Å²) in [5.74, 6) is 1.94. The molecule has 1 aromatic carbocycles. The van der Waals surface area contributed by atoms with E-state index in [0.29, 0.717) is 0 Å². The van der Waals surface area contributed by atoms with Crippen LogP contribution in [0.2, 0.25) is 0 Å². The van der Waals surface area contributed by atoms with E-state index in [0.717, 1.165) is 49.4 Å². The van der Waals surface area contributed by atoms with Crippen molar-refractivity contribution in [3.8, 4) is 11.3 Å². The van der Waals surface area contributed by atoms with Crippen molar-refractivity contribution in [3.63, 3.8) is 0 Å². The molecule has 0 unspecified atom stereocenters. The van der Waals surface area contributed by atoms with E-state index in [-0.39, 0.29) is 11.9 Å². The molecule has 0 radical (unpaired) electrons. The summed E-state index contributed by atoms with van der Waals surface area (Å²) in [6.07, 6.45) is 3.22. The van der Waals surface area contributed by atoms with E-state index in [1.165, 1.54) is 5.56 Å². The molecule has 1 atom stereocenters. The normalized spacial score (nSPS) is 18.8. The molecule has 1 saturated heterocycles. The van der Waals surface area contributed by atoms with E-state index in [1.807, 2.05) is 19.1 Å². The van der Waals surface area contributed by atoms with E-state index < -0.39 is 0 Å². The Bertz CT molecular complexity index is 678. The molecule has 0 aliphatic carbocycles. The fourth-order valence-corrected chi connectivity index (χ4v) is 3.29. The fraction of sp³-hybridized carbons (Fsp3) is 0.421. The Morgan fingerprint density at radius 2 is 2.17 bits per heavy atom. The third-order valence-electron chi connectivity index (χ3n) is 4.50. The molecular formula is C19H24N2O2. The molecule has 0 saturated carbocycles. The molecule has 4 nitrogen and oxygen atoms in total. The minimum absolute atomic E-state index is 0.0109. The van der Waals surface area contributed by atoms with Crippen molar-refractivity contribution in [3.05, 3.63) is 47.7 Å². The molecule has 3 rings (SSSR count). The largest absolute Gasteiger partial charge is 0.461 e. The molecular weight excluding hydrogens is 288 g/mol. The van der Waals surface area contributed by atoms with Crippen molar-refractivity contribution >= 4 is 5.91 Å². The summed E-state index contributed by atoms with van der Waals surface area (Å²) in [6, 6.07) is 12.4. The first kappa shape index (κ1) is 15.8. The third-order valence-corrected chi connectivity index (χ3v) is 4.50. The van der Waals surface area contributed by atoms with E-state index in [4.69, 9.17) is 4.42 Å². The van der Waals surface area contributed by atoms with Crippen molar-refractivity contribution < 1.29 is 9.21 Å². The summed E-state index contributed by atoms with van der Waals surface area (Å²) in [7, 11) is 1.72. The molecule has 122 valence electrons. The number of carbonyl (C=O) groups excluding carboxylic acids is 1. The maximum Gasteiger partial charge on any atom is 0.237 e. The van der Waals surface area contributed by atoms with Crippen LogP contribution >= 0.6 is 0 Å². The number of likely N-dealkylation sites (tertiary alicyclic amines) is 1. The Hall–Kier alpha value is -2.07. The molecule has 1 amide bonds. The number of rotatable bonds is 4. The van der Waals surface area contributed by atoms with Gasteiger partial charge >= 0.3 is 0 Å². The third kappa shape index (κ3) is 3.64. The van der Waals surface area contributed by atoms with Crippen LogP contribution in [0.5, 0.6) is 0 Å². The second-order valence-electron chi connectivity index (χ2n) is 6.21. The van der Waals surface area contributed by atoms with Gasteiger partial charge in [-0.3, -0.25) is 9.69 Å². The molecule has 1 N–H and O–H groups in total. The number of nitrogens with one attached hydrogen (secondary N) is 1. The monoisotopic (exact) mass is 312 g/mol. The number of aryl methyl sites for hydroxylation is 1. The second-order valence-corrected chi connectivity index (χ2v) is 6.21.